The van der Waals surface area contributed by atoms with Crippen LogP contribution in [0, 0.1) is 12.7 Å². The van der Waals surface area contributed by atoms with Crippen LogP contribution in [0.2, 0.25) is 0 Å². The number of hydrogen-bond acceptors (Lipinski definition) is 3. The summed E-state index contributed by atoms with van der Waals surface area (Å²) in [5.41, 5.74) is 1.25. The fourth-order valence-corrected chi connectivity index (χ4v) is 2.43. The third kappa shape index (κ3) is 3.39. The van der Waals surface area contributed by atoms with Gasteiger partial charge in [-0.05, 0) is 52.7 Å². The van der Waals surface area contributed by atoms with Gasteiger partial charge < -0.3 is 14.8 Å². The van der Waals surface area contributed by atoms with Crippen LogP contribution in [-0.4, -0.2) is 20.1 Å². The van der Waals surface area contributed by atoms with Gasteiger partial charge in [0.15, 0.2) is 0 Å². The van der Waals surface area contributed by atoms with Crippen molar-refractivity contribution in [2.75, 3.05) is 19.5 Å². The maximum absolute atomic E-state index is 13.5. The van der Waals surface area contributed by atoms with E-state index in [9.17, 15) is 9.18 Å². The average molecular weight is 368 g/mol. The maximum atomic E-state index is 13.5. The van der Waals surface area contributed by atoms with Gasteiger partial charge in [0.1, 0.15) is 21.8 Å². The number of halogens is 2. The Morgan fingerprint density at radius 2 is 1.73 bits per heavy atom. The van der Waals surface area contributed by atoms with Crippen LogP contribution in [0.1, 0.15) is 15.9 Å². The molecular formula is C16H15BrFNO3. The number of amides is 1. The van der Waals surface area contributed by atoms with Gasteiger partial charge in [0, 0.05) is 11.3 Å². The lowest BCUT2D eigenvalue weighted by Crippen LogP contribution is -2.12. The molecule has 0 fully saturated rings. The van der Waals surface area contributed by atoms with Crippen LogP contribution in [0.4, 0.5) is 10.1 Å². The smallest absolute Gasteiger partial charge is 0.255 e. The second-order valence-electron chi connectivity index (χ2n) is 4.61. The number of carbonyl (C=O) groups is 1. The molecule has 1 amide bonds. The second kappa shape index (κ2) is 6.79. The molecular weight excluding hydrogens is 353 g/mol. The molecule has 0 aliphatic heterocycles. The first-order valence-corrected chi connectivity index (χ1v) is 7.24. The highest BCUT2D eigenvalue weighted by Crippen LogP contribution is 2.35. The van der Waals surface area contributed by atoms with Gasteiger partial charge in [-0.15, -0.1) is 0 Å². The molecule has 0 atom stereocenters. The summed E-state index contributed by atoms with van der Waals surface area (Å²) in [6.07, 6.45) is 0. The van der Waals surface area contributed by atoms with Gasteiger partial charge in [0.05, 0.1) is 14.2 Å². The van der Waals surface area contributed by atoms with Crippen molar-refractivity contribution in [3.8, 4) is 11.5 Å². The summed E-state index contributed by atoms with van der Waals surface area (Å²) in [5.74, 6) is 0.190. The minimum Gasteiger partial charge on any atom is -0.495 e. The monoisotopic (exact) mass is 367 g/mol. The first kappa shape index (κ1) is 16.3. The molecule has 0 aliphatic rings. The lowest BCUT2D eigenvalue weighted by atomic mass is 10.1. The summed E-state index contributed by atoms with van der Waals surface area (Å²) >= 11 is 3.34. The molecule has 0 bridgehead atoms. The normalized spacial score (nSPS) is 10.2. The van der Waals surface area contributed by atoms with E-state index < -0.39 is 0 Å². The minimum atomic E-state index is -0.382. The Morgan fingerprint density at radius 1 is 1.14 bits per heavy atom. The first-order chi connectivity index (χ1) is 10.5. The van der Waals surface area contributed by atoms with Crippen molar-refractivity contribution in [2.45, 2.75) is 6.92 Å². The Kier molecular flexibility index (Phi) is 5.03. The van der Waals surface area contributed by atoms with Gasteiger partial charge in [-0.2, -0.15) is 0 Å². The molecule has 1 N–H and O–H groups in total. The molecule has 6 heteroatoms. The fourth-order valence-electron chi connectivity index (χ4n) is 1.87. The molecule has 0 aliphatic carbocycles. The van der Waals surface area contributed by atoms with Crippen LogP contribution in [-0.2, 0) is 0 Å². The topological polar surface area (TPSA) is 47.6 Å². The standard InChI is InChI=1S/C16H15BrFNO3/c1-9-4-5-11(8-12(9)18)19-16(20)10-6-13(21-2)15(17)14(7-10)22-3/h4-8H,1-3H3,(H,19,20). The van der Waals surface area contributed by atoms with E-state index in [-0.39, 0.29) is 11.7 Å². The lowest BCUT2D eigenvalue weighted by Gasteiger charge is -2.12. The number of ether oxygens (including phenoxy) is 2. The molecule has 0 saturated carbocycles. The molecule has 0 heterocycles. The molecule has 0 aromatic heterocycles. The van der Waals surface area contributed by atoms with Crippen LogP contribution in [0.5, 0.6) is 11.5 Å². The molecule has 4 nitrogen and oxygen atoms in total. The summed E-state index contributed by atoms with van der Waals surface area (Å²) in [4.78, 5) is 12.3. The third-order valence-electron chi connectivity index (χ3n) is 3.14. The van der Waals surface area contributed by atoms with E-state index in [1.807, 2.05) is 0 Å². The van der Waals surface area contributed by atoms with Gasteiger partial charge in [0.25, 0.3) is 5.91 Å². The summed E-state index contributed by atoms with van der Waals surface area (Å²) in [6, 6.07) is 7.68. The Bertz CT molecular complexity index is 694. The van der Waals surface area contributed by atoms with Crippen molar-refractivity contribution < 1.29 is 18.7 Å². The molecule has 2 rings (SSSR count). The molecule has 2 aromatic rings. The highest BCUT2D eigenvalue weighted by molar-refractivity contribution is 9.10. The molecule has 0 spiro atoms. The Morgan fingerprint density at radius 3 is 2.23 bits per heavy atom. The predicted molar refractivity (Wildman–Crippen MR) is 86.3 cm³/mol. The van der Waals surface area contributed by atoms with E-state index in [1.54, 1.807) is 31.2 Å². The SMILES string of the molecule is COc1cc(C(=O)Nc2ccc(C)c(F)c2)cc(OC)c1Br. The highest BCUT2D eigenvalue weighted by atomic mass is 79.9. The zero-order valence-electron chi connectivity index (χ0n) is 12.4. The summed E-state index contributed by atoms with van der Waals surface area (Å²) in [7, 11) is 2.99. The summed E-state index contributed by atoms with van der Waals surface area (Å²) < 4.78 is 24.5. The van der Waals surface area contributed by atoms with Crippen LogP contribution < -0.4 is 14.8 Å². The van der Waals surface area contributed by atoms with Crippen LogP contribution in [0.25, 0.3) is 0 Å². The van der Waals surface area contributed by atoms with Gasteiger partial charge in [-0.3, -0.25) is 4.79 Å². The van der Waals surface area contributed by atoms with Crippen molar-refractivity contribution >= 4 is 27.5 Å². The number of nitrogens with one attached hydrogen (secondary N) is 1. The number of aryl methyl sites for hydroxylation is 1. The molecule has 22 heavy (non-hydrogen) atoms. The average Bonchev–Trinajstić information content (AvgIpc) is 2.51. The zero-order chi connectivity index (χ0) is 16.3. The van der Waals surface area contributed by atoms with E-state index in [4.69, 9.17) is 9.47 Å². The van der Waals surface area contributed by atoms with E-state index in [0.29, 0.717) is 32.8 Å². The van der Waals surface area contributed by atoms with Crippen molar-refractivity contribution in [1.82, 2.24) is 0 Å². The number of hydrogen-bond donors (Lipinski definition) is 1. The number of methoxy groups -OCH3 is 2. The zero-order valence-corrected chi connectivity index (χ0v) is 14.0. The van der Waals surface area contributed by atoms with Gasteiger partial charge in [-0.25, -0.2) is 4.39 Å². The number of carbonyl (C=O) groups excluding carboxylic acids is 1. The molecule has 116 valence electrons. The maximum Gasteiger partial charge on any atom is 0.255 e. The number of rotatable bonds is 4. The van der Waals surface area contributed by atoms with Crippen LogP contribution >= 0.6 is 15.9 Å². The van der Waals surface area contributed by atoms with Crippen molar-refractivity contribution in [3.63, 3.8) is 0 Å². The van der Waals surface area contributed by atoms with Crippen molar-refractivity contribution in [1.29, 1.82) is 0 Å². The summed E-state index contributed by atoms with van der Waals surface area (Å²) in [5, 5.41) is 2.64. The Labute approximate surface area is 136 Å². The van der Waals surface area contributed by atoms with Crippen LogP contribution in [0.15, 0.2) is 34.8 Å². The lowest BCUT2D eigenvalue weighted by molar-refractivity contribution is 0.102. The minimum absolute atomic E-state index is 0.345. The fraction of sp³-hybridized carbons (Fsp3) is 0.188. The summed E-state index contributed by atoms with van der Waals surface area (Å²) in [6.45, 7) is 1.66. The van der Waals surface area contributed by atoms with Crippen molar-refractivity contribution in [3.05, 3.63) is 51.7 Å². The number of anilines is 1. The largest absolute Gasteiger partial charge is 0.495 e. The Hall–Kier alpha value is -2.08. The second-order valence-corrected chi connectivity index (χ2v) is 5.41. The first-order valence-electron chi connectivity index (χ1n) is 6.45. The third-order valence-corrected chi connectivity index (χ3v) is 3.92. The van der Waals surface area contributed by atoms with E-state index in [0.717, 1.165) is 0 Å². The number of benzene rings is 2. The molecule has 0 radical (unpaired) electrons. The quantitative estimate of drug-likeness (QED) is 0.882. The van der Waals surface area contributed by atoms with Crippen LogP contribution in [0.3, 0.4) is 0 Å². The van der Waals surface area contributed by atoms with E-state index in [1.165, 1.54) is 20.3 Å². The predicted octanol–water partition coefficient (Wildman–Crippen LogP) is 4.17. The highest BCUT2D eigenvalue weighted by Gasteiger charge is 2.15. The van der Waals surface area contributed by atoms with Gasteiger partial charge >= 0.3 is 0 Å². The Balaban J connectivity index is 2.31. The molecule has 0 unspecified atom stereocenters. The molecule has 2 aromatic carbocycles. The molecule has 0 saturated heterocycles. The van der Waals surface area contributed by atoms with E-state index >= 15 is 0 Å². The van der Waals surface area contributed by atoms with Gasteiger partial charge in [0.2, 0.25) is 0 Å². The van der Waals surface area contributed by atoms with Gasteiger partial charge in [-0.1, -0.05) is 6.07 Å². The van der Waals surface area contributed by atoms with E-state index in [2.05, 4.69) is 21.2 Å². The van der Waals surface area contributed by atoms with Crippen molar-refractivity contribution in [2.24, 2.45) is 0 Å².